The van der Waals surface area contributed by atoms with Gasteiger partial charge >= 0.3 is 0 Å². The smallest absolute Gasteiger partial charge is 0.251 e. The SMILES string of the molecule is NC(=O)[C@@H]1CC=CC[C@H]1NC(=O)c1ccc(SCCO)cc1. The number of thioether (sulfide) groups is 1. The van der Waals surface area contributed by atoms with E-state index in [-0.39, 0.29) is 30.4 Å². The maximum atomic E-state index is 12.3. The lowest BCUT2D eigenvalue weighted by molar-refractivity contribution is -0.122. The highest BCUT2D eigenvalue weighted by molar-refractivity contribution is 7.99. The maximum Gasteiger partial charge on any atom is 0.251 e. The molecule has 0 heterocycles. The molecule has 1 aromatic rings. The molecule has 0 fully saturated rings. The normalized spacial score (nSPS) is 20.6. The molecular weight excluding hydrogens is 300 g/mol. The number of aliphatic hydroxyl groups excluding tert-OH is 1. The van der Waals surface area contributed by atoms with Crippen molar-refractivity contribution in [3.8, 4) is 0 Å². The van der Waals surface area contributed by atoms with Crippen LogP contribution in [-0.4, -0.2) is 35.3 Å². The molecule has 0 spiro atoms. The molecule has 1 aromatic carbocycles. The van der Waals surface area contributed by atoms with E-state index >= 15 is 0 Å². The lowest BCUT2D eigenvalue weighted by Crippen LogP contribution is -2.46. The Morgan fingerprint density at radius 1 is 1.23 bits per heavy atom. The number of benzene rings is 1. The minimum atomic E-state index is -0.384. The molecule has 22 heavy (non-hydrogen) atoms. The number of hydrogen-bond donors (Lipinski definition) is 3. The average Bonchev–Trinajstić information content (AvgIpc) is 2.53. The van der Waals surface area contributed by atoms with Crippen molar-refractivity contribution in [3.05, 3.63) is 42.0 Å². The van der Waals surface area contributed by atoms with Gasteiger partial charge in [0, 0.05) is 22.3 Å². The number of rotatable bonds is 6. The second kappa shape index (κ2) is 8.00. The third-order valence-electron chi connectivity index (χ3n) is 3.59. The van der Waals surface area contributed by atoms with E-state index in [1.807, 2.05) is 24.3 Å². The zero-order valence-electron chi connectivity index (χ0n) is 12.2. The first-order valence-electron chi connectivity index (χ1n) is 7.20. The zero-order valence-corrected chi connectivity index (χ0v) is 13.0. The van der Waals surface area contributed by atoms with Gasteiger partial charge in [-0.25, -0.2) is 0 Å². The molecule has 1 aliphatic carbocycles. The summed E-state index contributed by atoms with van der Waals surface area (Å²) in [7, 11) is 0. The van der Waals surface area contributed by atoms with Gasteiger partial charge in [0.25, 0.3) is 5.91 Å². The second-order valence-electron chi connectivity index (χ2n) is 5.13. The van der Waals surface area contributed by atoms with Gasteiger partial charge in [-0.05, 0) is 37.1 Å². The summed E-state index contributed by atoms with van der Waals surface area (Å²) in [6.45, 7) is 0.122. The third kappa shape index (κ3) is 4.35. The number of hydrogen-bond acceptors (Lipinski definition) is 4. The Labute approximate surface area is 134 Å². The molecule has 0 bridgehead atoms. The number of aliphatic hydroxyl groups is 1. The van der Waals surface area contributed by atoms with Crippen molar-refractivity contribution in [1.29, 1.82) is 0 Å². The van der Waals surface area contributed by atoms with Crippen LogP contribution >= 0.6 is 11.8 Å². The van der Waals surface area contributed by atoms with Crippen LogP contribution in [0.4, 0.5) is 0 Å². The quantitative estimate of drug-likeness (QED) is 0.544. The first-order valence-corrected chi connectivity index (χ1v) is 8.19. The predicted molar refractivity (Wildman–Crippen MR) is 86.6 cm³/mol. The van der Waals surface area contributed by atoms with Crippen LogP contribution in [0.2, 0.25) is 0 Å². The molecule has 0 saturated heterocycles. The van der Waals surface area contributed by atoms with Gasteiger partial charge in [-0.2, -0.15) is 0 Å². The minimum Gasteiger partial charge on any atom is -0.396 e. The lowest BCUT2D eigenvalue weighted by Gasteiger charge is -2.26. The van der Waals surface area contributed by atoms with Gasteiger partial charge in [-0.15, -0.1) is 11.8 Å². The van der Waals surface area contributed by atoms with Crippen LogP contribution in [-0.2, 0) is 4.79 Å². The van der Waals surface area contributed by atoms with Crippen molar-refractivity contribution in [2.45, 2.75) is 23.8 Å². The van der Waals surface area contributed by atoms with Crippen molar-refractivity contribution in [2.75, 3.05) is 12.4 Å². The van der Waals surface area contributed by atoms with Crippen LogP contribution in [0.25, 0.3) is 0 Å². The van der Waals surface area contributed by atoms with Gasteiger partial charge in [-0.3, -0.25) is 9.59 Å². The Hall–Kier alpha value is -1.79. The topological polar surface area (TPSA) is 92.4 Å². The molecule has 6 heteroatoms. The van der Waals surface area contributed by atoms with Crippen LogP contribution in [0.3, 0.4) is 0 Å². The lowest BCUT2D eigenvalue weighted by atomic mass is 9.88. The first-order chi connectivity index (χ1) is 10.6. The number of primary amides is 1. The zero-order chi connectivity index (χ0) is 15.9. The average molecular weight is 320 g/mol. The first kappa shape index (κ1) is 16.6. The molecule has 2 atom stereocenters. The Kier molecular flexibility index (Phi) is 6.03. The fourth-order valence-electron chi connectivity index (χ4n) is 2.41. The van der Waals surface area contributed by atoms with Crippen LogP contribution in [0, 0.1) is 5.92 Å². The van der Waals surface area contributed by atoms with Crippen LogP contribution in [0.1, 0.15) is 23.2 Å². The molecule has 0 aliphatic heterocycles. The summed E-state index contributed by atoms with van der Waals surface area (Å²) in [4.78, 5) is 24.7. The van der Waals surface area contributed by atoms with Gasteiger partial charge in [0.15, 0.2) is 0 Å². The summed E-state index contributed by atoms with van der Waals surface area (Å²) in [6.07, 6.45) is 5.06. The Bertz CT molecular complexity index is 557. The van der Waals surface area contributed by atoms with Crippen LogP contribution in [0.5, 0.6) is 0 Å². The highest BCUT2D eigenvalue weighted by atomic mass is 32.2. The Morgan fingerprint density at radius 3 is 2.55 bits per heavy atom. The summed E-state index contributed by atoms with van der Waals surface area (Å²) in [5.41, 5.74) is 5.94. The largest absolute Gasteiger partial charge is 0.396 e. The summed E-state index contributed by atoms with van der Waals surface area (Å²) >= 11 is 1.53. The second-order valence-corrected chi connectivity index (χ2v) is 6.30. The molecule has 5 nitrogen and oxygen atoms in total. The predicted octanol–water partition coefficient (Wildman–Crippen LogP) is 1.32. The summed E-state index contributed by atoms with van der Waals surface area (Å²) in [6, 6.07) is 6.93. The van der Waals surface area contributed by atoms with E-state index in [0.717, 1.165) is 4.90 Å². The molecular formula is C16H20N2O3S. The van der Waals surface area contributed by atoms with E-state index in [4.69, 9.17) is 10.8 Å². The van der Waals surface area contributed by atoms with Gasteiger partial charge in [-0.1, -0.05) is 12.2 Å². The van der Waals surface area contributed by atoms with Gasteiger partial charge in [0.1, 0.15) is 0 Å². The number of allylic oxidation sites excluding steroid dienone is 1. The summed E-state index contributed by atoms with van der Waals surface area (Å²) in [5.74, 6) is -0.316. The monoisotopic (exact) mass is 320 g/mol. The Morgan fingerprint density at radius 2 is 1.91 bits per heavy atom. The van der Waals surface area contributed by atoms with Crippen molar-refractivity contribution in [1.82, 2.24) is 5.32 Å². The standard InChI is InChI=1S/C16H20N2O3S/c17-15(20)13-3-1-2-4-14(13)18-16(21)11-5-7-12(8-6-11)22-10-9-19/h1-2,5-8,13-14,19H,3-4,9-10H2,(H2,17,20)(H,18,21)/t13-,14-/m1/s1. The van der Waals surface area contributed by atoms with Crippen LogP contribution < -0.4 is 11.1 Å². The van der Waals surface area contributed by atoms with Crippen molar-refractivity contribution < 1.29 is 14.7 Å². The Balaban J connectivity index is 1.99. The molecule has 1 aliphatic rings. The number of amides is 2. The molecule has 2 amide bonds. The number of nitrogens with one attached hydrogen (secondary N) is 1. The van der Waals surface area contributed by atoms with Crippen molar-refractivity contribution >= 4 is 23.6 Å². The van der Waals surface area contributed by atoms with Gasteiger partial charge in [0.05, 0.1) is 12.5 Å². The van der Waals surface area contributed by atoms with Crippen molar-refractivity contribution in [3.63, 3.8) is 0 Å². The maximum absolute atomic E-state index is 12.3. The fraction of sp³-hybridized carbons (Fsp3) is 0.375. The van der Waals surface area contributed by atoms with Crippen LogP contribution in [0.15, 0.2) is 41.3 Å². The summed E-state index contributed by atoms with van der Waals surface area (Å²) < 4.78 is 0. The van der Waals surface area contributed by atoms with E-state index in [9.17, 15) is 9.59 Å². The minimum absolute atomic E-state index is 0.122. The van der Waals surface area contributed by atoms with E-state index in [2.05, 4.69) is 5.32 Å². The number of carbonyl (C=O) groups is 2. The highest BCUT2D eigenvalue weighted by Gasteiger charge is 2.28. The van der Waals surface area contributed by atoms with E-state index in [1.165, 1.54) is 11.8 Å². The summed E-state index contributed by atoms with van der Waals surface area (Å²) in [5, 5.41) is 11.7. The highest BCUT2D eigenvalue weighted by Crippen LogP contribution is 2.20. The number of nitrogens with two attached hydrogens (primary N) is 1. The molecule has 0 saturated carbocycles. The molecule has 0 radical (unpaired) electrons. The van der Waals surface area contributed by atoms with E-state index < -0.39 is 0 Å². The van der Waals surface area contributed by atoms with Gasteiger partial charge in [0.2, 0.25) is 5.91 Å². The van der Waals surface area contributed by atoms with E-state index in [0.29, 0.717) is 24.2 Å². The molecule has 4 N–H and O–H groups in total. The number of carbonyl (C=O) groups excluding carboxylic acids is 2. The fourth-order valence-corrected chi connectivity index (χ4v) is 3.06. The van der Waals surface area contributed by atoms with Crippen molar-refractivity contribution in [2.24, 2.45) is 11.7 Å². The molecule has 0 unspecified atom stereocenters. The molecule has 0 aromatic heterocycles. The van der Waals surface area contributed by atoms with E-state index in [1.54, 1.807) is 12.1 Å². The molecule has 118 valence electrons. The van der Waals surface area contributed by atoms with Gasteiger partial charge < -0.3 is 16.2 Å². The third-order valence-corrected chi connectivity index (χ3v) is 4.58. The molecule has 2 rings (SSSR count).